The van der Waals surface area contributed by atoms with Crippen LogP contribution < -0.4 is 16.5 Å². The van der Waals surface area contributed by atoms with Gasteiger partial charge in [0.15, 0.2) is 0 Å². The van der Waals surface area contributed by atoms with Crippen molar-refractivity contribution in [2.24, 2.45) is 0 Å². The van der Waals surface area contributed by atoms with Crippen molar-refractivity contribution in [3.63, 3.8) is 0 Å². The summed E-state index contributed by atoms with van der Waals surface area (Å²) >= 11 is 0. The van der Waals surface area contributed by atoms with Crippen LogP contribution in [0.5, 0.6) is 0 Å². The zero-order chi connectivity index (χ0) is 25.8. The van der Waals surface area contributed by atoms with Crippen LogP contribution in [0.4, 0.5) is 5.82 Å². The zero-order valence-electron chi connectivity index (χ0n) is 20.4. The topological polar surface area (TPSA) is 132 Å². The lowest BCUT2D eigenvalue weighted by Crippen LogP contribution is -2.27. The molecule has 5 aromatic rings. The Morgan fingerprint density at radius 1 is 1.03 bits per heavy atom. The van der Waals surface area contributed by atoms with Gasteiger partial charge in [0.05, 0.1) is 17.5 Å². The van der Waals surface area contributed by atoms with Gasteiger partial charge in [-0.15, -0.1) is 0 Å². The first-order valence-electron chi connectivity index (χ1n) is 12.1. The molecule has 1 amide bonds. The largest absolute Gasteiger partial charge is 0.384 e. The van der Waals surface area contributed by atoms with E-state index in [1.54, 1.807) is 30.9 Å². The van der Waals surface area contributed by atoms with Gasteiger partial charge in [-0.05, 0) is 48.7 Å². The Morgan fingerprint density at radius 2 is 1.81 bits per heavy atom. The number of carbonyl (C=O) groups excluding carboxylic acids is 1. The van der Waals surface area contributed by atoms with Gasteiger partial charge in [0.25, 0.3) is 0 Å². The van der Waals surface area contributed by atoms with Crippen LogP contribution in [0.15, 0.2) is 78.1 Å². The van der Waals surface area contributed by atoms with Crippen LogP contribution in [0.3, 0.4) is 0 Å². The maximum Gasteiger partial charge on any atom is 0.224 e. The predicted octanol–water partition coefficient (Wildman–Crippen LogP) is 3.35. The normalized spacial score (nSPS) is 11.1. The summed E-state index contributed by atoms with van der Waals surface area (Å²) < 4.78 is 1.82. The van der Waals surface area contributed by atoms with E-state index in [9.17, 15) is 9.59 Å². The number of nitrogens with two attached hydrogens (primary N) is 1. The molecule has 0 saturated carbocycles. The highest BCUT2D eigenvalue weighted by atomic mass is 16.1. The summed E-state index contributed by atoms with van der Waals surface area (Å²) in [4.78, 5) is 41.6. The average molecular weight is 494 g/mol. The van der Waals surface area contributed by atoms with E-state index < -0.39 is 0 Å². The van der Waals surface area contributed by atoms with Crippen LogP contribution in [0, 0.1) is 0 Å². The quantitative estimate of drug-likeness (QED) is 0.304. The molecule has 5 rings (SSSR count). The van der Waals surface area contributed by atoms with Crippen molar-refractivity contribution in [3.05, 3.63) is 94.7 Å². The number of aryl methyl sites for hydroxylation is 1. The lowest BCUT2D eigenvalue weighted by Gasteiger charge is -2.15. The number of hydrogen-bond donors (Lipinski definition) is 3. The second-order valence-corrected chi connectivity index (χ2v) is 8.67. The fraction of sp³-hybridized carbons (Fsp3) is 0.179. The number of nitrogen functional groups attached to an aromatic ring is 1. The Bertz CT molecular complexity index is 1590. The molecule has 186 valence electrons. The Hall–Kier alpha value is -4.79. The van der Waals surface area contributed by atoms with Crippen LogP contribution in [0.2, 0.25) is 0 Å². The highest BCUT2D eigenvalue weighted by Gasteiger charge is 2.19. The number of H-pyrrole nitrogens is 1. The SMILES string of the molecule is CCn1c(N)c(-c2ncc[nH]2)c(=O)c2ccc(-c3ccc(CC(=O)NCCc4ccncc4)cc3)nc21. The van der Waals surface area contributed by atoms with E-state index >= 15 is 0 Å². The zero-order valence-corrected chi connectivity index (χ0v) is 20.4. The van der Waals surface area contributed by atoms with Gasteiger partial charge in [0, 0.05) is 43.4 Å². The number of imidazole rings is 1. The smallest absolute Gasteiger partial charge is 0.224 e. The molecule has 4 aromatic heterocycles. The van der Waals surface area contributed by atoms with E-state index in [-0.39, 0.29) is 11.3 Å². The van der Waals surface area contributed by atoms with Crippen LogP contribution in [-0.4, -0.2) is 37.0 Å². The number of amides is 1. The molecule has 9 heteroatoms. The van der Waals surface area contributed by atoms with Crippen LogP contribution >= 0.6 is 0 Å². The average Bonchev–Trinajstić information content (AvgIpc) is 3.44. The number of pyridine rings is 3. The molecular weight excluding hydrogens is 466 g/mol. The third-order valence-electron chi connectivity index (χ3n) is 6.30. The van der Waals surface area contributed by atoms with Crippen molar-refractivity contribution in [2.45, 2.75) is 26.3 Å². The van der Waals surface area contributed by atoms with Crippen molar-refractivity contribution in [3.8, 4) is 22.6 Å². The Labute approximate surface area is 213 Å². The summed E-state index contributed by atoms with van der Waals surface area (Å²) in [5.74, 6) is 0.734. The Balaban J connectivity index is 1.34. The third-order valence-corrected chi connectivity index (χ3v) is 6.30. The molecule has 4 N–H and O–H groups in total. The first-order chi connectivity index (χ1) is 18.0. The minimum Gasteiger partial charge on any atom is -0.384 e. The van der Waals surface area contributed by atoms with Gasteiger partial charge in [-0.25, -0.2) is 9.97 Å². The van der Waals surface area contributed by atoms with Crippen molar-refractivity contribution in [1.82, 2.24) is 29.8 Å². The van der Waals surface area contributed by atoms with Crippen molar-refractivity contribution in [2.75, 3.05) is 12.3 Å². The van der Waals surface area contributed by atoms with Gasteiger partial charge < -0.3 is 20.6 Å². The number of nitrogens with zero attached hydrogens (tertiary/aromatic N) is 4. The van der Waals surface area contributed by atoms with Gasteiger partial charge in [-0.2, -0.15) is 0 Å². The molecule has 0 spiro atoms. The molecular formula is C28H27N7O2. The van der Waals surface area contributed by atoms with Gasteiger partial charge in [-0.3, -0.25) is 14.6 Å². The lowest BCUT2D eigenvalue weighted by atomic mass is 10.1. The number of carbonyl (C=O) groups is 1. The first-order valence-corrected chi connectivity index (χ1v) is 12.1. The predicted molar refractivity (Wildman–Crippen MR) is 144 cm³/mol. The Kier molecular flexibility index (Phi) is 6.76. The van der Waals surface area contributed by atoms with Crippen molar-refractivity contribution in [1.29, 1.82) is 0 Å². The summed E-state index contributed by atoms with van der Waals surface area (Å²) in [6, 6.07) is 15.2. The highest BCUT2D eigenvalue weighted by Crippen LogP contribution is 2.26. The number of anilines is 1. The van der Waals surface area contributed by atoms with Crippen LogP contribution in [0.1, 0.15) is 18.1 Å². The van der Waals surface area contributed by atoms with Gasteiger partial charge in [-0.1, -0.05) is 24.3 Å². The monoisotopic (exact) mass is 493 g/mol. The summed E-state index contributed by atoms with van der Waals surface area (Å²) in [6.07, 6.45) is 7.80. The number of hydrogen-bond acceptors (Lipinski definition) is 6. The minimum atomic E-state index is -0.212. The second-order valence-electron chi connectivity index (χ2n) is 8.67. The maximum atomic E-state index is 13.2. The minimum absolute atomic E-state index is 0.0274. The number of benzene rings is 1. The summed E-state index contributed by atoms with van der Waals surface area (Å²) in [5, 5.41) is 3.44. The third kappa shape index (κ3) is 4.97. The summed E-state index contributed by atoms with van der Waals surface area (Å²) in [5.41, 5.74) is 10.7. The molecule has 0 aliphatic carbocycles. The molecule has 0 aliphatic rings. The second kappa shape index (κ2) is 10.4. The molecule has 9 nitrogen and oxygen atoms in total. The van der Waals surface area contributed by atoms with Gasteiger partial charge in [0.1, 0.15) is 22.9 Å². The fourth-order valence-electron chi connectivity index (χ4n) is 4.38. The number of fused-ring (bicyclic) bond motifs is 1. The molecule has 0 bridgehead atoms. The number of nitrogens with one attached hydrogen (secondary N) is 2. The molecule has 1 aromatic carbocycles. The summed E-state index contributed by atoms with van der Waals surface area (Å²) in [6.45, 7) is 3.07. The lowest BCUT2D eigenvalue weighted by molar-refractivity contribution is -0.120. The van der Waals surface area contributed by atoms with Crippen molar-refractivity contribution >= 4 is 22.8 Å². The number of aromatic nitrogens is 5. The van der Waals surface area contributed by atoms with Gasteiger partial charge in [0.2, 0.25) is 11.3 Å². The van der Waals surface area contributed by atoms with E-state index in [4.69, 9.17) is 10.7 Å². The molecule has 0 fully saturated rings. The fourth-order valence-corrected chi connectivity index (χ4v) is 4.38. The van der Waals surface area contributed by atoms with Crippen molar-refractivity contribution < 1.29 is 4.79 Å². The molecule has 37 heavy (non-hydrogen) atoms. The molecule has 0 radical (unpaired) electrons. The van der Waals surface area contributed by atoms with E-state index in [2.05, 4.69) is 20.3 Å². The van der Waals surface area contributed by atoms with E-state index in [1.807, 2.05) is 54.0 Å². The number of aromatic amines is 1. The van der Waals surface area contributed by atoms with Gasteiger partial charge >= 0.3 is 0 Å². The molecule has 4 heterocycles. The molecule has 0 unspecified atom stereocenters. The molecule has 0 saturated heterocycles. The first kappa shape index (κ1) is 23.9. The summed E-state index contributed by atoms with van der Waals surface area (Å²) in [7, 11) is 0. The van der Waals surface area contributed by atoms with E-state index in [1.165, 1.54) is 0 Å². The van der Waals surface area contributed by atoms with E-state index in [0.717, 1.165) is 23.1 Å². The van der Waals surface area contributed by atoms with E-state index in [0.29, 0.717) is 53.4 Å². The maximum absolute atomic E-state index is 13.2. The molecule has 0 aliphatic heterocycles. The Morgan fingerprint density at radius 3 is 2.51 bits per heavy atom. The standard InChI is InChI=1S/C28H27N7O2/c1-2-35-26(29)24(27-32-15-16-33-27)25(37)21-7-8-22(34-28(21)35)20-5-3-19(4-6-20)17-23(36)31-14-11-18-9-12-30-13-10-18/h3-10,12-13,15-16H,2,11,14,17,29H2,1H3,(H,31,36)(H,32,33). The van der Waals surface area contributed by atoms with Crippen LogP contribution in [0.25, 0.3) is 33.7 Å². The highest BCUT2D eigenvalue weighted by molar-refractivity contribution is 5.87. The molecule has 0 atom stereocenters. The van der Waals surface area contributed by atoms with Crippen LogP contribution in [-0.2, 0) is 24.2 Å². The number of rotatable bonds is 8.